The quantitative estimate of drug-likeness (QED) is 0.411. The molecule has 0 fully saturated rings. The van der Waals surface area contributed by atoms with E-state index < -0.39 is 23.4 Å². The van der Waals surface area contributed by atoms with Gasteiger partial charge in [0, 0.05) is 17.2 Å². The van der Waals surface area contributed by atoms with Gasteiger partial charge in [0.2, 0.25) is 5.71 Å². The number of carboxylic acids is 1. The molecule has 0 aliphatic rings. The van der Waals surface area contributed by atoms with Crippen molar-refractivity contribution in [2.24, 2.45) is 5.10 Å². The van der Waals surface area contributed by atoms with Gasteiger partial charge >= 0.3 is 12.1 Å². The molecule has 0 unspecified atom stereocenters. The molecule has 2 N–H and O–H groups in total. The molecule has 0 aliphatic heterocycles. The molecule has 1 heterocycles. The van der Waals surface area contributed by atoms with Gasteiger partial charge in [-0.25, -0.2) is 9.78 Å². The van der Waals surface area contributed by atoms with Crippen molar-refractivity contribution in [3.63, 3.8) is 0 Å². The smallest absolute Gasteiger partial charge is 0.417 e. The number of carbonyl (C=O) groups is 1. The third-order valence-electron chi connectivity index (χ3n) is 3.20. The summed E-state index contributed by atoms with van der Waals surface area (Å²) < 4.78 is 37.9. The van der Waals surface area contributed by atoms with Crippen LogP contribution in [0, 0.1) is 22.7 Å². The fourth-order valence-electron chi connectivity index (χ4n) is 1.92. The van der Waals surface area contributed by atoms with Crippen molar-refractivity contribution >= 4 is 35.2 Å². The maximum Gasteiger partial charge on any atom is 0.417 e. The third-order valence-corrected chi connectivity index (χ3v) is 4.24. The summed E-state index contributed by atoms with van der Waals surface area (Å²) in [4.78, 5) is 15.1. The van der Waals surface area contributed by atoms with E-state index in [0.717, 1.165) is 23.9 Å². The number of nitrogens with zero attached hydrogens (tertiary/aromatic N) is 4. The number of benzene rings is 1. The van der Waals surface area contributed by atoms with E-state index in [1.165, 1.54) is 18.2 Å². The minimum absolute atomic E-state index is 0.276. The Morgan fingerprint density at radius 3 is 2.52 bits per heavy atom. The number of hydrogen-bond acceptors (Lipinski definition) is 7. The van der Waals surface area contributed by atoms with Crippen LogP contribution in [0.5, 0.6) is 0 Å². The topological polar surface area (TPSA) is 122 Å². The first-order valence-corrected chi connectivity index (χ1v) is 8.44. The number of halogens is 3. The predicted octanol–water partition coefficient (Wildman–Crippen LogP) is 4.16. The van der Waals surface area contributed by atoms with E-state index in [9.17, 15) is 18.0 Å². The van der Waals surface area contributed by atoms with E-state index in [-0.39, 0.29) is 5.03 Å². The third kappa shape index (κ3) is 6.37. The Balaban J connectivity index is 2.33. The summed E-state index contributed by atoms with van der Waals surface area (Å²) in [5.74, 6) is -1.19. The minimum atomic E-state index is -4.49. The number of carboxylic acid groups (broad SMARTS) is 1. The largest absolute Gasteiger partial charge is 0.478 e. The Morgan fingerprint density at radius 1 is 1.24 bits per heavy atom. The molecular weight excluding hydrogens is 407 g/mol. The summed E-state index contributed by atoms with van der Waals surface area (Å²) in [6, 6.07) is 9.88. The molecule has 2 rings (SSSR count). The van der Waals surface area contributed by atoms with E-state index >= 15 is 0 Å². The average Bonchev–Trinajstić information content (AvgIpc) is 2.68. The number of nitriles is 2. The molecular formula is C18H10F3N5O2S. The summed E-state index contributed by atoms with van der Waals surface area (Å²) in [7, 11) is 0. The number of hydrogen-bond donors (Lipinski definition) is 2. The summed E-state index contributed by atoms with van der Waals surface area (Å²) in [5.41, 5.74) is 2.00. The summed E-state index contributed by atoms with van der Waals surface area (Å²) in [5, 5.41) is 30.1. The van der Waals surface area contributed by atoms with Gasteiger partial charge in [0.1, 0.15) is 17.2 Å². The van der Waals surface area contributed by atoms with Gasteiger partial charge in [-0.15, -0.1) is 0 Å². The number of alkyl halides is 3. The number of aromatic nitrogens is 1. The fraction of sp³-hybridized carbons (Fsp3) is 0.0556. The molecule has 2 aromatic rings. The molecule has 0 amide bonds. The van der Waals surface area contributed by atoms with Gasteiger partial charge in [0.05, 0.1) is 11.3 Å². The first-order chi connectivity index (χ1) is 13.7. The van der Waals surface area contributed by atoms with Crippen LogP contribution in [0.25, 0.3) is 6.08 Å². The number of anilines is 1. The van der Waals surface area contributed by atoms with Crippen molar-refractivity contribution in [2.75, 3.05) is 5.43 Å². The van der Waals surface area contributed by atoms with Gasteiger partial charge in [-0.3, -0.25) is 5.43 Å². The van der Waals surface area contributed by atoms with Crippen LogP contribution in [0.3, 0.4) is 0 Å². The maximum atomic E-state index is 12.6. The Morgan fingerprint density at radius 2 is 1.97 bits per heavy atom. The SMILES string of the molecule is N#CC(C#N)=NNc1ccc(Sc2ccc(C(F)(F)F)cn2)c(C=CC(=O)O)c1. The summed E-state index contributed by atoms with van der Waals surface area (Å²) >= 11 is 1.04. The van der Waals surface area contributed by atoms with E-state index in [0.29, 0.717) is 22.3 Å². The molecule has 0 aliphatic carbocycles. The monoisotopic (exact) mass is 417 g/mol. The van der Waals surface area contributed by atoms with Crippen LogP contribution in [0.2, 0.25) is 0 Å². The predicted molar refractivity (Wildman–Crippen MR) is 98.8 cm³/mol. The van der Waals surface area contributed by atoms with Crippen LogP contribution in [0.4, 0.5) is 18.9 Å². The van der Waals surface area contributed by atoms with Crippen molar-refractivity contribution in [2.45, 2.75) is 16.1 Å². The molecule has 0 spiro atoms. The molecule has 29 heavy (non-hydrogen) atoms. The van der Waals surface area contributed by atoms with Crippen molar-refractivity contribution in [1.82, 2.24) is 4.98 Å². The zero-order valence-electron chi connectivity index (χ0n) is 14.3. The first kappa shape index (κ1) is 21.5. The Hall–Kier alpha value is -3.83. The molecule has 0 saturated heterocycles. The Labute approximate surface area is 166 Å². The molecule has 0 bridgehead atoms. The molecule has 146 valence electrons. The lowest BCUT2D eigenvalue weighted by molar-refractivity contribution is -0.138. The molecule has 0 atom stereocenters. The van der Waals surface area contributed by atoms with Gasteiger partial charge in [0.15, 0.2) is 0 Å². The highest BCUT2D eigenvalue weighted by molar-refractivity contribution is 7.99. The lowest BCUT2D eigenvalue weighted by Gasteiger charge is -2.09. The van der Waals surface area contributed by atoms with E-state index in [1.54, 1.807) is 24.3 Å². The maximum absolute atomic E-state index is 12.6. The lowest BCUT2D eigenvalue weighted by atomic mass is 10.2. The van der Waals surface area contributed by atoms with Gasteiger partial charge < -0.3 is 5.11 Å². The normalized spacial score (nSPS) is 10.8. The molecule has 1 aromatic heterocycles. The number of pyridine rings is 1. The van der Waals surface area contributed by atoms with Crippen LogP contribution in [-0.2, 0) is 11.0 Å². The lowest BCUT2D eigenvalue weighted by Crippen LogP contribution is -2.05. The van der Waals surface area contributed by atoms with Crippen LogP contribution in [0.15, 0.2) is 57.6 Å². The highest BCUT2D eigenvalue weighted by atomic mass is 32.2. The Kier molecular flexibility index (Phi) is 6.95. The van der Waals surface area contributed by atoms with E-state index in [1.807, 2.05) is 0 Å². The van der Waals surface area contributed by atoms with Crippen LogP contribution in [-0.4, -0.2) is 21.8 Å². The standard InChI is InChI=1S/C18H10F3N5O2S/c19-18(20,21)12-2-5-16(24-10-12)29-15-4-3-13(25-26-14(8-22)9-23)7-11(15)1-6-17(27)28/h1-7,10,25H,(H,27,28). The average molecular weight is 417 g/mol. The van der Waals surface area contributed by atoms with Gasteiger partial charge in [-0.05, 0) is 42.0 Å². The zero-order chi connectivity index (χ0) is 21.4. The van der Waals surface area contributed by atoms with Crippen LogP contribution in [0.1, 0.15) is 11.1 Å². The second-order valence-corrected chi connectivity index (χ2v) is 6.27. The highest BCUT2D eigenvalue weighted by Crippen LogP contribution is 2.34. The van der Waals surface area contributed by atoms with Crippen molar-refractivity contribution < 1.29 is 23.1 Å². The van der Waals surface area contributed by atoms with Crippen molar-refractivity contribution in [1.29, 1.82) is 10.5 Å². The number of aliphatic carboxylic acids is 1. The highest BCUT2D eigenvalue weighted by Gasteiger charge is 2.30. The number of hydrazone groups is 1. The number of nitrogens with one attached hydrogen (secondary N) is 1. The summed E-state index contributed by atoms with van der Waals surface area (Å²) in [6.45, 7) is 0. The zero-order valence-corrected chi connectivity index (χ0v) is 15.1. The molecule has 7 nitrogen and oxygen atoms in total. The second kappa shape index (κ2) is 9.39. The van der Waals surface area contributed by atoms with Gasteiger partial charge in [-0.2, -0.15) is 28.8 Å². The van der Waals surface area contributed by atoms with Gasteiger partial charge in [-0.1, -0.05) is 11.8 Å². The van der Waals surface area contributed by atoms with Gasteiger partial charge in [0.25, 0.3) is 0 Å². The van der Waals surface area contributed by atoms with Crippen LogP contribution < -0.4 is 5.43 Å². The van der Waals surface area contributed by atoms with Crippen LogP contribution >= 0.6 is 11.8 Å². The van der Waals surface area contributed by atoms with Crippen molar-refractivity contribution in [3.8, 4) is 12.1 Å². The first-order valence-electron chi connectivity index (χ1n) is 7.63. The molecule has 0 saturated carbocycles. The molecule has 11 heteroatoms. The Bertz CT molecular complexity index is 1040. The minimum Gasteiger partial charge on any atom is -0.478 e. The molecule has 1 aromatic carbocycles. The van der Waals surface area contributed by atoms with E-state index in [2.05, 4.69) is 15.5 Å². The molecule has 0 radical (unpaired) electrons. The van der Waals surface area contributed by atoms with Crippen molar-refractivity contribution in [3.05, 3.63) is 53.7 Å². The summed E-state index contributed by atoms with van der Waals surface area (Å²) in [6.07, 6.45) is -1.60. The second-order valence-electron chi connectivity index (χ2n) is 5.20. The van der Waals surface area contributed by atoms with E-state index in [4.69, 9.17) is 15.6 Å². The number of rotatable bonds is 6. The fourth-order valence-corrected chi connectivity index (χ4v) is 2.77.